The molecule has 3 heterocycles. The second-order valence-corrected chi connectivity index (χ2v) is 8.41. The summed E-state index contributed by atoms with van der Waals surface area (Å²) >= 11 is 3.35. The lowest BCUT2D eigenvalue weighted by atomic mass is 9.92. The van der Waals surface area contributed by atoms with Crippen LogP contribution in [0.5, 0.6) is 0 Å². The minimum atomic E-state index is -0.897. The average molecular weight is 460 g/mol. The normalized spacial score (nSPS) is 21.3. The number of hydrogen-bond acceptors (Lipinski definition) is 5. The largest absolute Gasteiger partial charge is 0.340 e. The van der Waals surface area contributed by atoms with Gasteiger partial charge in [0.25, 0.3) is 5.56 Å². The molecule has 0 radical (unpaired) electrons. The van der Waals surface area contributed by atoms with Gasteiger partial charge in [-0.15, -0.1) is 0 Å². The molecule has 1 saturated heterocycles. The minimum absolute atomic E-state index is 0.0976. The van der Waals surface area contributed by atoms with Gasteiger partial charge in [0, 0.05) is 29.2 Å². The van der Waals surface area contributed by atoms with Gasteiger partial charge in [0.05, 0.1) is 11.5 Å². The lowest BCUT2D eigenvalue weighted by Gasteiger charge is -2.34. The Hall–Kier alpha value is -2.68. The number of nitrogens with one attached hydrogen (secondary N) is 3. The van der Waals surface area contributed by atoms with E-state index in [1.165, 1.54) is 0 Å². The maximum absolute atomic E-state index is 12.9. The Morgan fingerprint density at radius 1 is 1.24 bits per heavy atom. The van der Waals surface area contributed by atoms with Crippen LogP contribution in [0.2, 0.25) is 0 Å². The van der Waals surface area contributed by atoms with Crippen LogP contribution in [0, 0.1) is 0 Å². The molecule has 2 aliphatic heterocycles. The SMILES string of the molecule is C[C@@H]1CCCCN1c1nc2c(c(=O)[nH]1)[C@H](C(=O)Nc1ccc(Br)cc1)CC(=O)N2. The molecule has 0 aliphatic carbocycles. The average Bonchev–Trinajstić information content (AvgIpc) is 2.69. The van der Waals surface area contributed by atoms with E-state index in [2.05, 4.69) is 43.5 Å². The van der Waals surface area contributed by atoms with Gasteiger partial charge in [-0.2, -0.15) is 4.98 Å². The van der Waals surface area contributed by atoms with Crippen molar-refractivity contribution < 1.29 is 9.59 Å². The molecule has 2 amide bonds. The van der Waals surface area contributed by atoms with Crippen LogP contribution in [0.1, 0.15) is 44.1 Å². The van der Waals surface area contributed by atoms with Crippen LogP contribution in [0.15, 0.2) is 33.5 Å². The van der Waals surface area contributed by atoms with E-state index < -0.39 is 17.4 Å². The molecule has 0 bridgehead atoms. The molecule has 1 aromatic carbocycles. The van der Waals surface area contributed by atoms with E-state index in [0.717, 1.165) is 30.3 Å². The number of fused-ring (bicyclic) bond motifs is 1. The molecule has 1 aromatic heterocycles. The Morgan fingerprint density at radius 2 is 2.00 bits per heavy atom. The molecule has 8 nitrogen and oxygen atoms in total. The molecular weight excluding hydrogens is 438 g/mol. The van der Waals surface area contributed by atoms with Crippen LogP contribution < -0.4 is 21.1 Å². The summed E-state index contributed by atoms with van der Waals surface area (Å²) in [6, 6.07) is 7.35. The number of amides is 2. The Bertz CT molecular complexity index is 1000. The number of H-pyrrole nitrogens is 1. The topological polar surface area (TPSA) is 107 Å². The van der Waals surface area contributed by atoms with Gasteiger partial charge in [-0.25, -0.2) is 0 Å². The van der Waals surface area contributed by atoms with Gasteiger partial charge in [0.1, 0.15) is 5.82 Å². The van der Waals surface area contributed by atoms with Crippen molar-refractivity contribution in [2.45, 2.75) is 44.6 Å². The van der Waals surface area contributed by atoms with E-state index >= 15 is 0 Å². The lowest BCUT2D eigenvalue weighted by Crippen LogP contribution is -2.41. The fraction of sp³-hybridized carbons (Fsp3) is 0.400. The highest BCUT2D eigenvalue weighted by atomic mass is 79.9. The monoisotopic (exact) mass is 459 g/mol. The molecule has 2 aromatic rings. The third-order valence-electron chi connectivity index (χ3n) is 5.44. The van der Waals surface area contributed by atoms with Crippen molar-refractivity contribution in [1.82, 2.24) is 9.97 Å². The molecule has 152 valence electrons. The van der Waals surface area contributed by atoms with Crippen LogP contribution in [-0.2, 0) is 9.59 Å². The molecule has 2 atom stereocenters. The number of piperidine rings is 1. The Balaban J connectivity index is 1.65. The zero-order valence-corrected chi connectivity index (χ0v) is 17.6. The highest BCUT2D eigenvalue weighted by molar-refractivity contribution is 9.10. The molecule has 3 N–H and O–H groups in total. The summed E-state index contributed by atoms with van der Waals surface area (Å²) in [6.45, 7) is 2.88. The van der Waals surface area contributed by atoms with E-state index in [1.54, 1.807) is 24.3 Å². The van der Waals surface area contributed by atoms with Gasteiger partial charge in [0.2, 0.25) is 17.8 Å². The number of benzene rings is 1. The first kappa shape index (κ1) is 19.6. The number of hydrogen-bond donors (Lipinski definition) is 3. The molecule has 1 fully saturated rings. The second-order valence-electron chi connectivity index (χ2n) is 7.49. The first-order valence-electron chi connectivity index (χ1n) is 9.69. The zero-order valence-electron chi connectivity index (χ0n) is 16.0. The molecule has 29 heavy (non-hydrogen) atoms. The maximum atomic E-state index is 12.9. The maximum Gasteiger partial charge on any atom is 0.258 e. The highest BCUT2D eigenvalue weighted by Gasteiger charge is 2.35. The van der Waals surface area contributed by atoms with E-state index in [4.69, 9.17) is 0 Å². The van der Waals surface area contributed by atoms with E-state index in [-0.39, 0.29) is 29.8 Å². The third-order valence-corrected chi connectivity index (χ3v) is 5.97. The summed E-state index contributed by atoms with van der Waals surface area (Å²) in [6.07, 6.45) is 3.09. The number of aromatic amines is 1. The number of carbonyl (C=O) groups is 2. The van der Waals surface area contributed by atoms with Crippen LogP contribution in [-0.4, -0.2) is 34.4 Å². The number of halogens is 1. The minimum Gasteiger partial charge on any atom is -0.340 e. The van der Waals surface area contributed by atoms with Crippen molar-refractivity contribution in [2.24, 2.45) is 0 Å². The number of nitrogens with zero attached hydrogens (tertiary/aromatic N) is 2. The lowest BCUT2D eigenvalue weighted by molar-refractivity contribution is -0.123. The van der Waals surface area contributed by atoms with Crippen LogP contribution in [0.25, 0.3) is 0 Å². The Morgan fingerprint density at radius 3 is 2.72 bits per heavy atom. The predicted molar refractivity (Wildman–Crippen MR) is 114 cm³/mol. The molecular formula is C20H22BrN5O3. The molecule has 9 heteroatoms. The number of anilines is 3. The summed E-state index contributed by atoms with van der Waals surface area (Å²) in [5, 5.41) is 5.45. The first-order valence-corrected chi connectivity index (χ1v) is 10.5. The van der Waals surface area contributed by atoms with Gasteiger partial charge in [0.15, 0.2) is 0 Å². The molecule has 0 unspecified atom stereocenters. The standard InChI is InChI=1S/C20H22BrN5O3/c1-11-4-2-3-9-26(11)20-24-17-16(19(29)25-20)14(10-15(27)23-17)18(28)22-13-7-5-12(21)6-8-13/h5-8,11,14H,2-4,9-10H2,1H3,(H,22,28)(H2,23,24,25,27,29)/t11-,14-/m1/s1. The van der Waals surface area contributed by atoms with Crippen LogP contribution in [0.3, 0.4) is 0 Å². The summed E-state index contributed by atoms with van der Waals surface area (Å²) in [4.78, 5) is 47.4. The van der Waals surface area contributed by atoms with Gasteiger partial charge in [-0.05, 0) is 50.5 Å². The second kappa shape index (κ2) is 7.98. The van der Waals surface area contributed by atoms with Crippen molar-refractivity contribution in [3.63, 3.8) is 0 Å². The molecule has 4 rings (SSSR count). The van der Waals surface area contributed by atoms with Crippen LogP contribution in [0.4, 0.5) is 17.5 Å². The van der Waals surface area contributed by atoms with Gasteiger partial charge in [-0.1, -0.05) is 15.9 Å². The van der Waals surface area contributed by atoms with Crippen LogP contribution >= 0.6 is 15.9 Å². The number of carbonyl (C=O) groups excluding carboxylic acids is 2. The first-order chi connectivity index (χ1) is 13.9. The fourth-order valence-corrected chi connectivity index (χ4v) is 4.16. The molecule has 0 spiro atoms. The fourth-order valence-electron chi connectivity index (χ4n) is 3.89. The van der Waals surface area contributed by atoms with Gasteiger partial charge < -0.3 is 15.5 Å². The van der Waals surface area contributed by atoms with Crippen molar-refractivity contribution in [3.05, 3.63) is 44.7 Å². The quantitative estimate of drug-likeness (QED) is 0.653. The summed E-state index contributed by atoms with van der Waals surface area (Å²) in [7, 11) is 0. The third kappa shape index (κ3) is 4.05. The smallest absolute Gasteiger partial charge is 0.258 e. The summed E-state index contributed by atoms with van der Waals surface area (Å²) in [5.41, 5.74) is 0.403. The summed E-state index contributed by atoms with van der Waals surface area (Å²) < 4.78 is 0.887. The number of rotatable bonds is 3. The van der Waals surface area contributed by atoms with Crippen molar-refractivity contribution in [2.75, 3.05) is 22.1 Å². The van der Waals surface area contributed by atoms with E-state index in [0.29, 0.717) is 11.6 Å². The van der Waals surface area contributed by atoms with E-state index in [1.807, 2.05) is 4.90 Å². The molecule has 0 saturated carbocycles. The predicted octanol–water partition coefficient (Wildman–Crippen LogP) is 2.98. The molecule has 2 aliphatic rings. The zero-order chi connectivity index (χ0) is 20.5. The number of aromatic nitrogens is 2. The summed E-state index contributed by atoms with van der Waals surface area (Å²) in [5.74, 6) is -1.02. The van der Waals surface area contributed by atoms with Crippen molar-refractivity contribution in [3.8, 4) is 0 Å². The Labute approximate surface area is 176 Å². The van der Waals surface area contributed by atoms with Gasteiger partial charge in [-0.3, -0.25) is 19.4 Å². The van der Waals surface area contributed by atoms with E-state index in [9.17, 15) is 14.4 Å². The van der Waals surface area contributed by atoms with Crippen molar-refractivity contribution in [1.29, 1.82) is 0 Å². The Kier molecular flexibility index (Phi) is 5.40. The van der Waals surface area contributed by atoms with Crippen molar-refractivity contribution >= 4 is 45.2 Å². The van der Waals surface area contributed by atoms with Gasteiger partial charge >= 0.3 is 0 Å². The highest BCUT2D eigenvalue weighted by Crippen LogP contribution is 2.31.